The first kappa shape index (κ1) is 13.9. The third-order valence-electron chi connectivity index (χ3n) is 2.44. The predicted octanol–water partition coefficient (Wildman–Crippen LogP) is 0.950. The van der Waals surface area contributed by atoms with Crippen molar-refractivity contribution in [3.8, 4) is 0 Å². The van der Waals surface area contributed by atoms with Gasteiger partial charge in [0.05, 0.1) is 5.69 Å². The SMILES string of the molecule is Cc1nc(N)sc1S(=O)(=O)NCCc1cccnc1. The van der Waals surface area contributed by atoms with E-state index in [2.05, 4.69) is 14.7 Å². The molecular weight excluding hydrogens is 284 g/mol. The minimum Gasteiger partial charge on any atom is -0.375 e. The van der Waals surface area contributed by atoms with Gasteiger partial charge in [-0.3, -0.25) is 4.98 Å². The van der Waals surface area contributed by atoms with Gasteiger partial charge in [0.2, 0.25) is 0 Å². The van der Waals surface area contributed by atoms with Gasteiger partial charge in [0.25, 0.3) is 10.0 Å². The van der Waals surface area contributed by atoms with E-state index in [1.165, 1.54) is 0 Å². The highest BCUT2D eigenvalue weighted by molar-refractivity contribution is 7.91. The van der Waals surface area contributed by atoms with Crippen LogP contribution in [0.15, 0.2) is 28.7 Å². The summed E-state index contributed by atoms with van der Waals surface area (Å²) in [6.45, 7) is 1.94. The molecule has 0 aliphatic heterocycles. The number of nitrogen functional groups attached to an aromatic ring is 1. The Bertz CT molecular complexity index is 653. The molecule has 19 heavy (non-hydrogen) atoms. The largest absolute Gasteiger partial charge is 0.375 e. The molecule has 102 valence electrons. The summed E-state index contributed by atoms with van der Waals surface area (Å²) in [7, 11) is -3.53. The highest BCUT2D eigenvalue weighted by atomic mass is 32.2. The number of hydrogen-bond donors (Lipinski definition) is 2. The summed E-state index contributed by atoms with van der Waals surface area (Å²) >= 11 is 0.971. The lowest BCUT2D eigenvalue weighted by Crippen LogP contribution is -2.25. The van der Waals surface area contributed by atoms with Crippen LogP contribution >= 0.6 is 11.3 Å². The smallest absolute Gasteiger partial charge is 0.252 e. The highest BCUT2D eigenvalue weighted by Gasteiger charge is 2.20. The monoisotopic (exact) mass is 298 g/mol. The number of rotatable bonds is 5. The number of anilines is 1. The Labute approximate surface area is 115 Å². The fourth-order valence-electron chi connectivity index (χ4n) is 1.59. The van der Waals surface area contributed by atoms with E-state index >= 15 is 0 Å². The predicted molar refractivity (Wildman–Crippen MR) is 74.4 cm³/mol. The maximum Gasteiger partial charge on any atom is 0.252 e. The fraction of sp³-hybridized carbons (Fsp3) is 0.273. The molecule has 2 aromatic heterocycles. The van der Waals surface area contributed by atoms with Gasteiger partial charge in [0.15, 0.2) is 9.34 Å². The van der Waals surface area contributed by atoms with Crippen molar-refractivity contribution in [2.75, 3.05) is 12.3 Å². The zero-order valence-corrected chi connectivity index (χ0v) is 12.0. The van der Waals surface area contributed by atoms with Crippen LogP contribution in [-0.2, 0) is 16.4 Å². The number of nitrogens with zero attached hydrogens (tertiary/aromatic N) is 2. The van der Waals surface area contributed by atoms with Gasteiger partial charge in [-0.15, -0.1) is 0 Å². The second kappa shape index (κ2) is 5.64. The zero-order chi connectivity index (χ0) is 13.9. The highest BCUT2D eigenvalue weighted by Crippen LogP contribution is 2.24. The number of hydrogen-bond acceptors (Lipinski definition) is 6. The topological polar surface area (TPSA) is 98.0 Å². The summed E-state index contributed by atoms with van der Waals surface area (Å²) in [5, 5.41) is 0.255. The van der Waals surface area contributed by atoms with E-state index in [-0.39, 0.29) is 9.34 Å². The summed E-state index contributed by atoms with van der Waals surface area (Å²) in [6.07, 6.45) is 3.97. The number of aromatic nitrogens is 2. The second-order valence-corrected chi connectivity index (χ2v) is 6.93. The Morgan fingerprint density at radius 2 is 2.26 bits per heavy atom. The van der Waals surface area contributed by atoms with Gasteiger partial charge in [-0.25, -0.2) is 18.1 Å². The number of pyridine rings is 1. The number of thiazole rings is 1. The van der Waals surface area contributed by atoms with Crippen LogP contribution in [0, 0.1) is 6.92 Å². The van der Waals surface area contributed by atoms with E-state index in [0.717, 1.165) is 16.9 Å². The number of nitrogens with one attached hydrogen (secondary N) is 1. The van der Waals surface area contributed by atoms with Crippen molar-refractivity contribution in [1.29, 1.82) is 0 Å². The Balaban J connectivity index is 2.01. The van der Waals surface area contributed by atoms with Crippen molar-refractivity contribution >= 4 is 26.5 Å². The molecule has 0 atom stereocenters. The van der Waals surface area contributed by atoms with E-state index in [1.54, 1.807) is 19.3 Å². The van der Waals surface area contributed by atoms with Crippen LogP contribution in [0.1, 0.15) is 11.3 Å². The summed E-state index contributed by atoms with van der Waals surface area (Å²) in [5.41, 5.74) is 6.91. The quantitative estimate of drug-likeness (QED) is 0.856. The third kappa shape index (κ3) is 3.49. The molecule has 0 amide bonds. The van der Waals surface area contributed by atoms with Crippen LogP contribution in [0.4, 0.5) is 5.13 Å². The molecule has 0 bridgehead atoms. The van der Waals surface area contributed by atoms with E-state index in [9.17, 15) is 8.42 Å². The van der Waals surface area contributed by atoms with Gasteiger partial charge in [-0.1, -0.05) is 17.4 Å². The van der Waals surface area contributed by atoms with E-state index in [4.69, 9.17) is 5.73 Å². The molecule has 0 saturated carbocycles. The first-order valence-electron chi connectivity index (χ1n) is 5.60. The molecule has 2 aromatic rings. The Morgan fingerprint density at radius 1 is 1.47 bits per heavy atom. The van der Waals surface area contributed by atoms with Crippen molar-refractivity contribution in [3.05, 3.63) is 35.8 Å². The average Bonchev–Trinajstić information content (AvgIpc) is 2.70. The van der Waals surface area contributed by atoms with Crippen molar-refractivity contribution < 1.29 is 8.42 Å². The van der Waals surface area contributed by atoms with Crippen LogP contribution in [0.25, 0.3) is 0 Å². The lowest BCUT2D eigenvalue weighted by atomic mass is 10.2. The van der Waals surface area contributed by atoms with Gasteiger partial charge in [0, 0.05) is 18.9 Å². The Kier molecular flexibility index (Phi) is 4.13. The molecule has 0 radical (unpaired) electrons. The van der Waals surface area contributed by atoms with Gasteiger partial charge >= 0.3 is 0 Å². The van der Waals surface area contributed by atoms with Crippen LogP contribution in [0.2, 0.25) is 0 Å². The lowest BCUT2D eigenvalue weighted by Gasteiger charge is -2.05. The number of aryl methyl sites for hydroxylation is 1. The van der Waals surface area contributed by atoms with E-state index in [1.807, 2.05) is 12.1 Å². The minimum atomic E-state index is -3.53. The van der Waals surface area contributed by atoms with Crippen LogP contribution < -0.4 is 10.5 Å². The second-order valence-electron chi connectivity index (χ2n) is 3.93. The van der Waals surface area contributed by atoms with Crippen LogP contribution in [-0.4, -0.2) is 24.9 Å². The van der Waals surface area contributed by atoms with Crippen LogP contribution in [0.5, 0.6) is 0 Å². The fourth-order valence-corrected chi connectivity index (χ4v) is 3.97. The van der Waals surface area contributed by atoms with Crippen molar-refractivity contribution in [3.63, 3.8) is 0 Å². The maximum atomic E-state index is 12.0. The van der Waals surface area contributed by atoms with Crippen molar-refractivity contribution in [1.82, 2.24) is 14.7 Å². The van der Waals surface area contributed by atoms with Crippen LogP contribution in [0.3, 0.4) is 0 Å². The third-order valence-corrected chi connectivity index (χ3v) is 5.50. The van der Waals surface area contributed by atoms with Gasteiger partial charge in [0.1, 0.15) is 0 Å². The molecule has 2 rings (SSSR count). The molecule has 0 saturated heterocycles. The molecule has 0 aromatic carbocycles. The minimum absolute atomic E-state index is 0.177. The molecular formula is C11H14N4O2S2. The zero-order valence-electron chi connectivity index (χ0n) is 10.3. The van der Waals surface area contributed by atoms with Crippen molar-refractivity contribution in [2.24, 2.45) is 0 Å². The van der Waals surface area contributed by atoms with Gasteiger partial charge in [-0.2, -0.15) is 0 Å². The molecule has 0 aliphatic carbocycles. The van der Waals surface area contributed by atoms with E-state index in [0.29, 0.717) is 18.7 Å². The summed E-state index contributed by atoms with van der Waals surface area (Å²) in [6, 6.07) is 3.72. The summed E-state index contributed by atoms with van der Waals surface area (Å²) in [4.78, 5) is 7.88. The lowest BCUT2D eigenvalue weighted by molar-refractivity contribution is 0.583. The van der Waals surface area contributed by atoms with E-state index < -0.39 is 10.0 Å². The molecule has 0 spiro atoms. The van der Waals surface area contributed by atoms with Crippen molar-refractivity contribution in [2.45, 2.75) is 17.6 Å². The summed E-state index contributed by atoms with van der Waals surface area (Å²) in [5.74, 6) is 0. The molecule has 2 heterocycles. The number of nitrogens with two attached hydrogens (primary N) is 1. The van der Waals surface area contributed by atoms with Gasteiger partial charge in [-0.05, 0) is 25.0 Å². The Morgan fingerprint density at radius 3 is 2.84 bits per heavy atom. The standard InChI is InChI=1S/C11H14N4O2S2/c1-8-10(18-11(12)15-8)19(16,17)14-6-4-9-3-2-5-13-7-9/h2-3,5,7,14H,4,6H2,1H3,(H2,12,15). The molecule has 0 aliphatic rings. The summed E-state index contributed by atoms with van der Waals surface area (Å²) < 4.78 is 26.8. The first-order chi connectivity index (χ1) is 8.99. The normalized spacial score (nSPS) is 11.6. The molecule has 0 unspecified atom stereocenters. The number of sulfonamides is 1. The Hall–Kier alpha value is -1.51. The molecule has 6 nitrogen and oxygen atoms in total. The molecule has 0 fully saturated rings. The molecule has 3 N–H and O–H groups in total. The van der Waals surface area contributed by atoms with Gasteiger partial charge < -0.3 is 5.73 Å². The maximum absolute atomic E-state index is 12.0. The molecule has 8 heteroatoms. The first-order valence-corrected chi connectivity index (χ1v) is 7.90. The average molecular weight is 298 g/mol.